The van der Waals surface area contributed by atoms with Gasteiger partial charge in [-0.3, -0.25) is 14.9 Å². The largest absolute Gasteiger partial charge is 0.375 e. The molecule has 0 spiro atoms. The lowest BCUT2D eigenvalue weighted by Crippen LogP contribution is -2.13. The average molecular weight is 410 g/mol. The van der Waals surface area contributed by atoms with Crippen molar-refractivity contribution in [2.24, 2.45) is 0 Å². The molecule has 0 aliphatic carbocycles. The maximum Gasteiger partial charge on any atom is 0.293 e. The van der Waals surface area contributed by atoms with Gasteiger partial charge in [0.05, 0.1) is 4.92 Å². The minimum Gasteiger partial charge on any atom is -0.375 e. The lowest BCUT2D eigenvalue weighted by Gasteiger charge is -2.10. The Kier molecular flexibility index (Phi) is 6.46. The van der Waals surface area contributed by atoms with Crippen LogP contribution in [0.3, 0.4) is 0 Å². The van der Waals surface area contributed by atoms with E-state index in [0.29, 0.717) is 22.9 Å². The summed E-state index contributed by atoms with van der Waals surface area (Å²) in [6.07, 6.45) is 0.906. The minimum atomic E-state index is -0.512. The molecule has 0 bridgehead atoms. The van der Waals surface area contributed by atoms with E-state index in [0.717, 1.165) is 17.5 Å². The Hall–Kier alpha value is -3.38. The molecule has 29 heavy (non-hydrogen) atoms. The van der Waals surface area contributed by atoms with Crippen LogP contribution in [0, 0.1) is 10.1 Å². The zero-order valence-electron chi connectivity index (χ0n) is 15.8. The highest BCUT2D eigenvalue weighted by molar-refractivity contribution is 6.31. The Morgan fingerprint density at radius 2 is 1.79 bits per heavy atom. The Labute approximate surface area is 173 Å². The highest BCUT2D eigenvalue weighted by Gasteiger charge is 2.18. The number of rotatable bonds is 7. The summed E-state index contributed by atoms with van der Waals surface area (Å²) < 4.78 is 0. The third-order valence-electron chi connectivity index (χ3n) is 4.50. The van der Waals surface area contributed by atoms with Crippen molar-refractivity contribution in [3.05, 3.63) is 98.6 Å². The molecule has 148 valence electrons. The molecular weight excluding hydrogens is 390 g/mol. The van der Waals surface area contributed by atoms with Gasteiger partial charge in [0.2, 0.25) is 0 Å². The number of halogens is 1. The lowest BCUT2D eigenvalue weighted by molar-refractivity contribution is -0.384. The predicted octanol–water partition coefficient (Wildman–Crippen LogP) is 5.68. The van der Waals surface area contributed by atoms with Gasteiger partial charge in [0.25, 0.3) is 11.6 Å². The van der Waals surface area contributed by atoms with E-state index in [9.17, 15) is 14.9 Å². The van der Waals surface area contributed by atoms with E-state index in [1.54, 1.807) is 12.1 Å². The van der Waals surface area contributed by atoms with Crippen LogP contribution >= 0.6 is 11.6 Å². The number of carbonyl (C=O) groups is 1. The molecule has 0 radical (unpaired) electrons. The number of aryl methyl sites for hydroxylation is 1. The second kappa shape index (κ2) is 9.21. The van der Waals surface area contributed by atoms with E-state index in [-0.39, 0.29) is 11.3 Å². The van der Waals surface area contributed by atoms with Crippen molar-refractivity contribution in [2.75, 3.05) is 10.6 Å². The fourth-order valence-electron chi connectivity index (χ4n) is 2.83. The first-order chi connectivity index (χ1) is 14.0. The van der Waals surface area contributed by atoms with E-state index >= 15 is 0 Å². The monoisotopic (exact) mass is 409 g/mol. The zero-order valence-corrected chi connectivity index (χ0v) is 16.6. The number of hydrogen-bond donors (Lipinski definition) is 2. The Morgan fingerprint density at radius 1 is 1.07 bits per heavy atom. The number of benzene rings is 3. The smallest absolute Gasteiger partial charge is 0.293 e. The average Bonchev–Trinajstić information content (AvgIpc) is 2.73. The molecule has 2 N–H and O–H groups in total. The van der Waals surface area contributed by atoms with E-state index in [4.69, 9.17) is 11.6 Å². The number of nitro benzene ring substituents is 1. The molecule has 0 aliphatic heterocycles. The topological polar surface area (TPSA) is 84.3 Å². The minimum absolute atomic E-state index is 0.175. The Balaban J connectivity index is 1.76. The van der Waals surface area contributed by atoms with E-state index in [2.05, 4.69) is 10.6 Å². The second-order valence-electron chi connectivity index (χ2n) is 6.44. The second-order valence-corrected chi connectivity index (χ2v) is 6.85. The van der Waals surface area contributed by atoms with Crippen molar-refractivity contribution < 1.29 is 9.72 Å². The summed E-state index contributed by atoms with van der Waals surface area (Å²) in [5.41, 5.74) is 2.97. The predicted molar refractivity (Wildman–Crippen MR) is 116 cm³/mol. The van der Waals surface area contributed by atoms with Gasteiger partial charge in [-0.15, -0.1) is 0 Å². The number of hydrogen-bond acceptors (Lipinski definition) is 4. The number of carbonyl (C=O) groups excluding carboxylic acids is 1. The fraction of sp³-hybridized carbons (Fsp3) is 0.136. The summed E-state index contributed by atoms with van der Waals surface area (Å²) in [5, 5.41) is 17.9. The number of anilines is 2. The maximum atomic E-state index is 12.5. The lowest BCUT2D eigenvalue weighted by atomic mass is 10.1. The van der Waals surface area contributed by atoms with Crippen molar-refractivity contribution in [3.8, 4) is 0 Å². The van der Waals surface area contributed by atoms with Crippen molar-refractivity contribution in [1.82, 2.24) is 0 Å². The van der Waals surface area contributed by atoms with Crippen molar-refractivity contribution >= 4 is 34.6 Å². The summed E-state index contributed by atoms with van der Waals surface area (Å²) in [4.78, 5) is 23.5. The molecule has 0 saturated heterocycles. The van der Waals surface area contributed by atoms with E-state index in [1.165, 1.54) is 12.1 Å². The highest BCUT2D eigenvalue weighted by atomic mass is 35.5. The molecule has 1 amide bonds. The van der Waals surface area contributed by atoms with Gasteiger partial charge in [-0.25, -0.2) is 0 Å². The van der Waals surface area contributed by atoms with Crippen molar-refractivity contribution in [2.45, 2.75) is 19.9 Å². The van der Waals surface area contributed by atoms with Crippen molar-refractivity contribution in [1.29, 1.82) is 0 Å². The molecule has 3 aromatic carbocycles. The van der Waals surface area contributed by atoms with E-state index in [1.807, 2.05) is 49.4 Å². The molecule has 3 aromatic rings. The molecule has 7 heteroatoms. The Morgan fingerprint density at radius 3 is 2.45 bits per heavy atom. The van der Waals surface area contributed by atoms with Crippen LogP contribution in [-0.2, 0) is 13.0 Å². The van der Waals surface area contributed by atoms with Crippen LogP contribution in [0.15, 0.2) is 66.7 Å². The molecule has 0 atom stereocenters. The first-order valence-corrected chi connectivity index (χ1v) is 9.51. The van der Waals surface area contributed by atoms with Gasteiger partial charge in [-0.1, -0.05) is 48.9 Å². The molecule has 0 saturated carbocycles. The molecule has 3 rings (SSSR count). The molecule has 0 aromatic heterocycles. The van der Waals surface area contributed by atoms with Gasteiger partial charge in [0, 0.05) is 28.9 Å². The number of nitrogens with zero attached hydrogens (tertiary/aromatic N) is 1. The molecule has 6 nitrogen and oxygen atoms in total. The van der Waals surface area contributed by atoms with Gasteiger partial charge >= 0.3 is 0 Å². The van der Waals surface area contributed by atoms with Crippen LogP contribution < -0.4 is 10.6 Å². The summed E-state index contributed by atoms with van der Waals surface area (Å²) in [6, 6.07) is 19.1. The zero-order chi connectivity index (χ0) is 20.8. The van der Waals surface area contributed by atoms with Gasteiger partial charge < -0.3 is 10.6 Å². The van der Waals surface area contributed by atoms with Crippen LogP contribution in [0.2, 0.25) is 5.02 Å². The van der Waals surface area contributed by atoms with Gasteiger partial charge in [-0.2, -0.15) is 0 Å². The van der Waals surface area contributed by atoms with E-state index < -0.39 is 10.8 Å². The highest BCUT2D eigenvalue weighted by Crippen LogP contribution is 2.27. The molecule has 0 unspecified atom stereocenters. The SMILES string of the molecule is CCc1ccc(NC(=O)c2ccc(NCc3ccccc3Cl)c([N+](=O)[O-])c2)cc1. The number of nitrogens with one attached hydrogen (secondary N) is 2. The summed E-state index contributed by atoms with van der Waals surface area (Å²) in [7, 11) is 0. The number of nitro groups is 1. The van der Waals surface area contributed by atoms with Crippen LogP contribution in [0.5, 0.6) is 0 Å². The van der Waals surface area contributed by atoms with Crippen LogP contribution in [-0.4, -0.2) is 10.8 Å². The van der Waals surface area contributed by atoms with Gasteiger partial charge in [0.15, 0.2) is 0 Å². The summed E-state index contributed by atoms with van der Waals surface area (Å²) >= 11 is 6.13. The maximum absolute atomic E-state index is 12.5. The number of amides is 1. The molecule has 0 fully saturated rings. The molecule has 0 aliphatic rings. The van der Waals surface area contributed by atoms with Gasteiger partial charge in [-0.05, 0) is 47.9 Å². The Bertz CT molecular complexity index is 1040. The van der Waals surface area contributed by atoms with Crippen LogP contribution in [0.25, 0.3) is 0 Å². The molecular formula is C22H20ClN3O3. The van der Waals surface area contributed by atoms with Gasteiger partial charge in [0.1, 0.15) is 5.69 Å². The normalized spacial score (nSPS) is 10.4. The third-order valence-corrected chi connectivity index (χ3v) is 4.87. The quantitative estimate of drug-likeness (QED) is 0.388. The molecule has 0 heterocycles. The van der Waals surface area contributed by atoms with Crippen molar-refractivity contribution in [3.63, 3.8) is 0 Å². The third kappa shape index (κ3) is 5.12. The first kappa shape index (κ1) is 20.4. The first-order valence-electron chi connectivity index (χ1n) is 9.14. The summed E-state index contributed by atoms with van der Waals surface area (Å²) in [6.45, 7) is 2.38. The standard InChI is InChI=1S/C22H20ClN3O3/c1-2-15-7-10-18(11-8-15)25-22(27)16-9-12-20(21(13-16)26(28)29)24-14-17-5-3-4-6-19(17)23/h3-13,24H,2,14H2,1H3,(H,25,27). The summed E-state index contributed by atoms with van der Waals surface area (Å²) in [5.74, 6) is -0.407. The fourth-order valence-corrected chi connectivity index (χ4v) is 3.04. The van der Waals surface area contributed by atoms with Crippen LogP contribution in [0.4, 0.5) is 17.1 Å². The van der Waals surface area contributed by atoms with Crippen LogP contribution in [0.1, 0.15) is 28.4 Å².